The SMILES string of the molecule is N=C(/C=C(\N)C(=O)N(Cc1ccccc1Cl)C1CCCCC1)C(F)(F)F. The smallest absolute Gasteiger partial charge is 0.394 e. The predicted octanol–water partition coefficient (Wildman–Crippen LogP) is 4.43. The molecule has 1 aromatic rings. The standard InChI is InChI=1S/C18H21ClF3N3O/c19-14-9-5-4-6-12(14)11-25(13-7-2-1-3-8-13)17(26)15(23)10-16(24)18(20,21)22/h4-6,9-10,13,24H,1-3,7-8,11,23H2/b15-10-,24-16?. The van der Waals surface area contributed by atoms with Crippen LogP contribution in [0, 0.1) is 5.41 Å². The van der Waals surface area contributed by atoms with Crippen molar-refractivity contribution in [2.45, 2.75) is 50.9 Å². The second-order valence-electron chi connectivity index (χ2n) is 6.33. The number of allylic oxidation sites excluding steroid dienone is 1. The van der Waals surface area contributed by atoms with E-state index in [2.05, 4.69) is 0 Å². The van der Waals surface area contributed by atoms with E-state index in [1.807, 2.05) is 0 Å². The molecule has 142 valence electrons. The fraction of sp³-hybridized carbons (Fsp3) is 0.444. The van der Waals surface area contributed by atoms with Gasteiger partial charge in [0.1, 0.15) is 5.71 Å². The van der Waals surface area contributed by atoms with Crippen molar-refractivity contribution in [2.75, 3.05) is 0 Å². The number of halogens is 4. The lowest BCUT2D eigenvalue weighted by Gasteiger charge is -2.35. The van der Waals surface area contributed by atoms with Gasteiger partial charge in [-0.25, -0.2) is 0 Å². The van der Waals surface area contributed by atoms with Gasteiger partial charge in [-0.15, -0.1) is 0 Å². The average Bonchev–Trinajstić information content (AvgIpc) is 2.60. The summed E-state index contributed by atoms with van der Waals surface area (Å²) in [5.74, 6) is -0.703. The van der Waals surface area contributed by atoms with E-state index >= 15 is 0 Å². The van der Waals surface area contributed by atoms with Crippen molar-refractivity contribution >= 4 is 23.2 Å². The number of carbonyl (C=O) groups excluding carboxylic acids is 1. The van der Waals surface area contributed by atoms with Crippen molar-refractivity contribution in [3.8, 4) is 0 Å². The van der Waals surface area contributed by atoms with Crippen LogP contribution in [-0.2, 0) is 11.3 Å². The number of hydrogen-bond donors (Lipinski definition) is 2. The van der Waals surface area contributed by atoms with Crippen molar-refractivity contribution < 1.29 is 18.0 Å². The minimum Gasteiger partial charge on any atom is -0.394 e. The summed E-state index contributed by atoms with van der Waals surface area (Å²) < 4.78 is 37.7. The number of nitrogens with two attached hydrogens (primary N) is 1. The molecule has 3 N–H and O–H groups in total. The quantitative estimate of drug-likeness (QED) is 0.579. The molecular formula is C18H21ClF3N3O. The molecule has 0 unspecified atom stereocenters. The molecule has 0 spiro atoms. The molecule has 1 aliphatic rings. The molecule has 0 aliphatic heterocycles. The van der Waals surface area contributed by atoms with Crippen molar-refractivity contribution in [2.24, 2.45) is 5.73 Å². The molecule has 2 rings (SSSR count). The molecule has 26 heavy (non-hydrogen) atoms. The van der Waals surface area contributed by atoms with Crippen LogP contribution in [0.4, 0.5) is 13.2 Å². The maximum Gasteiger partial charge on any atom is 0.432 e. The molecule has 0 heterocycles. The molecule has 0 saturated heterocycles. The number of nitrogens with zero attached hydrogens (tertiary/aromatic N) is 1. The summed E-state index contributed by atoms with van der Waals surface area (Å²) in [6, 6.07) is 6.89. The van der Waals surface area contributed by atoms with Crippen LogP contribution in [0.15, 0.2) is 36.0 Å². The highest BCUT2D eigenvalue weighted by Gasteiger charge is 2.34. The molecule has 1 amide bonds. The first kappa shape index (κ1) is 20.3. The van der Waals surface area contributed by atoms with Crippen LogP contribution in [0.2, 0.25) is 5.02 Å². The van der Waals surface area contributed by atoms with Crippen LogP contribution in [0.1, 0.15) is 37.7 Å². The minimum absolute atomic E-state index is 0.112. The largest absolute Gasteiger partial charge is 0.432 e. The van der Waals surface area contributed by atoms with Crippen LogP contribution in [0.5, 0.6) is 0 Å². The van der Waals surface area contributed by atoms with Gasteiger partial charge in [0.15, 0.2) is 0 Å². The summed E-state index contributed by atoms with van der Waals surface area (Å²) >= 11 is 6.17. The maximum absolute atomic E-state index is 12.7. The van der Waals surface area contributed by atoms with Gasteiger partial charge in [0, 0.05) is 17.6 Å². The first-order valence-corrected chi connectivity index (χ1v) is 8.75. The Balaban J connectivity index is 2.27. The molecule has 1 aliphatic carbocycles. The van der Waals surface area contributed by atoms with Crippen molar-refractivity contribution in [3.63, 3.8) is 0 Å². The van der Waals surface area contributed by atoms with Crippen LogP contribution >= 0.6 is 11.6 Å². The zero-order valence-electron chi connectivity index (χ0n) is 14.2. The number of hydrogen-bond acceptors (Lipinski definition) is 3. The van der Waals surface area contributed by atoms with Crippen LogP contribution < -0.4 is 5.73 Å². The van der Waals surface area contributed by atoms with Crippen molar-refractivity contribution in [1.29, 1.82) is 5.41 Å². The maximum atomic E-state index is 12.7. The van der Waals surface area contributed by atoms with E-state index < -0.39 is 23.5 Å². The predicted molar refractivity (Wildman–Crippen MR) is 94.9 cm³/mol. The van der Waals surface area contributed by atoms with E-state index in [0.29, 0.717) is 16.7 Å². The molecule has 4 nitrogen and oxygen atoms in total. The minimum atomic E-state index is -4.84. The molecule has 0 bridgehead atoms. The summed E-state index contributed by atoms with van der Waals surface area (Å²) in [4.78, 5) is 14.2. The third-order valence-corrected chi connectivity index (χ3v) is 4.80. The van der Waals surface area contributed by atoms with E-state index in [4.69, 9.17) is 22.7 Å². The monoisotopic (exact) mass is 387 g/mol. The Morgan fingerprint density at radius 2 is 1.88 bits per heavy atom. The Morgan fingerprint density at radius 3 is 2.46 bits per heavy atom. The summed E-state index contributed by atoms with van der Waals surface area (Å²) in [6.07, 6.45) is 0.0149. The van der Waals surface area contributed by atoms with Gasteiger partial charge in [0.05, 0.1) is 5.70 Å². The van der Waals surface area contributed by atoms with Gasteiger partial charge in [-0.05, 0) is 30.5 Å². The Kier molecular flexibility index (Phi) is 6.69. The number of benzene rings is 1. The Morgan fingerprint density at radius 1 is 1.27 bits per heavy atom. The number of rotatable bonds is 5. The van der Waals surface area contributed by atoms with Crippen LogP contribution in [-0.4, -0.2) is 28.7 Å². The van der Waals surface area contributed by atoms with Gasteiger partial charge < -0.3 is 10.6 Å². The number of amides is 1. The molecule has 1 fully saturated rings. The van der Waals surface area contributed by atoms with E-state index in [9.17, 15) is 18.0 Å². The van der Waals surface area contributed by atoms with Gasteiger partial charge >= 0.3 is 6.18 Å². The van der Waals surface area contributed by atoms with E-state index in [1.54, 1.807) is 24.3 Å². The third kappa shape index (κ3) is 5.24. The number of alkyl halides is 3. The highest BCUT2D eigenvalue weighted by molar-refractivity contribution is 6.31. The third-order valence-electron chi connectivity index (χ3n) is 4.43. The summed E-state index contributed by atoms with van der Waals surface area (Å²) in [7, 11) is 0. The molecular weight excluding hydrogens is 367 g/mol. The topological polar surface area (TPSA) is 70.2 Å². The molecule has 1 aromatic carbocycles. The van der Waals surface area contributed by atoms with Crippen molar-refractivity contribution in [1.82, 2.24) is 4.90 Å². The van der Waals surface area contributed by atoms with Crippen LogP contribution in [0.25, 0.3) is 0 Å². The number of carbonyl (C=O) groups is 1. The molecule has 0 radical (unpaired) electrons. The van der Waals surface area contributed by atoms with Gasteiger partial charge in [-0.1, -0.05) is 49.1 Å². The molecule has 1 saturated carbocycles. The van der Waals surface area contributed by atoms with Gasteiger partial charge in [-0.3, -0.25) is 10.2 Å². The highest BCUT2D eigenvalue weighted by atomic mass is 35.5. The fourth-order valence-corrected chi connectivity index (χ4v) is 3.23. The first-order valence-electron chi connectivity index (χ1n) is 8.37. The van der Waals surface area contributed by atoms with Crippen molar-refractivity contribution in [3.05, 3.63) is 46.6 Å². The Labute approximate surface area is 155 Å². The summed E-state index contributed by atoms with van der Waals surface area (Å²) in [5, 5.41) is 7.51. The lowest BCUT2D eigenvalue weighted by molar-refractivity contribution is -0.130. The zero-order valence-corrected chi connectivity index (χ0v) is 14.9. The Hall–Kier alpha value is -2.02. The van der Waals surface area contributed by atoms with E-state index in [-0.39, 0.29) is 12.6 Å². The van der Waals surface area contributed by atoms with Crippen LogP contribution in [0.3, 0.4) is 0 Å². The zero-order chi connectivity index (χ0) is 19.3. The molecule has 0 atom stereocenters. The lowest BCUT2D eigenvalue weighted by Crippen LogP contribution is -2.43. The fourth-order valence-electron chi connectivity index (χ4n) is 3.03. The van der Waals surface area contributed by atoms with Gasteiger partial charge in [0.25, 0.3) is 5.91 Å². The highest BCUT2D eigenvalue weighted by Crippen LogP contribution is 2.27. The Bertz CT molecular complexity index is 697. The first-order chi connectivity index (χ1) is 12.2. The second kappa shape index (κ2) is 8.58. The molecule has 8 heteroatoms. The normalized spacial score (nSPS) is 16.4. The number of nitrogens with one attached hydrogen (secondary N) is 1. The van der Waals surface area contributed by atoms with E-state index in [0.717, 1.165) is 32.1 Å². The lowest BCUT2D eigenvalue weighted by atomic mass is 9.93. The summed E-state index contributed by atoms with van der Waals surface area (Å²) in [6.45, 7) is 0.164. The average molecular weight is 388 g/mol. The van der Waals surface area contributed by atoms with E-state index in [1.165, 1.54) is 4.90 Å². The van der Waals surface area contributed by atoms with Gasteiger partial charge in [-0.2, -0.15) is 13.2 Å². The second-order valence-corrected chi connectivity index (χ2v) is 6.73. The summed E-state index contributed by atoms with van der Waals surface area (Å²) in [5.41, 5.74) is 4.07. The van der Waals surface area contributed by atoms with Gasteiger partial charge in [0.2, 0.25) is 0 Å². The molecule has 0 aromatic heterocycles.